The molecule has 0 aliphatic rings. The summed E-state index contributed by atoms with van der Waals surface area (Å²) in [4.78, 5) is 17.3. The van der Waals surface area contributed by atoms with E-state index in [4.69, 9.17) is 4.42 Å². The van der Waals surface area contributed by atoms with E-state index in [1.807, 2.05) is 31.2 Å². The highest BCUT2D eigenvalue weighted by Gasteiger charge is 2.21. The van der Waals surface area contributed by atoms with Crippen LogP contribution in [0.5, 0.6) is 0 Å². The predicted octanol–water partition coefficient (Wildman–Crippen LogP) is 4.13. The number of oxazole rings is 1. The van der Waals surface area contributed by atoms with E-state index in [1.165, 1.54) is 0 Å². The molecule has 0 bridgehead atoms. The van der Waals surface area contributed by atoms with Gasteiger partial charge in [0.2, 0.25) is 11.8 Å². The van der Waals surface area contributed by atoms with Gasteiger partial charge >= 0.3 is 0 Å². The van der Waals surface area contributed by atoms with E-state index in [0.717, 1.165) is 17.1 Å². The molecular formula is C18H25N3O2. The summed E-state index contributed by atoms with van der Waals surface area (Å²) >= 11 is 0. The van der Waals surface area contributed by atoms with Crippen LogP contribution < -0.4 is 10.2 Å². The smallest absolute Gasteiger partial charge is 0.223 e. The van der Waals surface area contributed by atoms with Gasteiger partial charge in [0, 0.05) is 30.8 Å². The first-order chi connectivity index (χ1) is 10.7. The minimum Gasteiger partial charge on any atom is -0.443 e. The maximum atomic E-state index is 11.4. The van der Waals surface area contributed by atoms with Crippen molar-refractivity contribution in [3.05, 3.63) is 42.1 Å². The van der Waals surface area contributed by atoms with Gasteiger partial charge in [0.05, 0.1) is 6.20 Å². The normalized spacial score (nSPS) is 12.8. The minimum atomic E-state index is -0.0517. The number of rotatable bonds is 4. The Morgan fingerprint density at radius 2 is 1.87 bits per heavy atom. The van der Waals surface area contributed by atoms with Crippen molar-refractivity contribution in [2.75, 3.05) is 17.3 Å². The zero-order valence-corrected chi connectivity index (χ0v) is 14.7. The van der Waals surface area contributed by atoms with Crippen LogP contribution >= 0.6 is 0 Å². The van der Waals surface area contributed by atoms with Gasteiger partial charge in [0.25, 0.3) is 0 Å². The number of nitrogens with zero attached hydrogens (tertiary/aromatic N) is 2. The fraction of sp³-hybridized carbons (Fsp3) is 0.444. The highest BCUT2D eigenvalue weighted by Crippen LogP contribution is 2.27. The number of amides is 1. The number of aromatic nitrogens is 1. The number of nitrogens with one attached hydrogen (secondary N) is 1. The molecule has 1 aromatic carbocycles. The first kappa shape index (κ1) is 17.1. The molecule has 1 N–H and O–H groups in total. The average Bonchev–Trinajstić information content (AvgIpc) is 2.97. The third-order valence-electron chi connectivity index (χ3n) is 3.74. The molecule has 0 saturated carbocycles. The lowest BCUT2D eigenvalue weighted by atomic mass is 9.94. The number of hydrogen-bond acceptors (Lipinski definition) is 4. The van der Waals surface area contributed by atoms with E-state index in [0.29, 0.717) is 5.89 Å². The second-order valence-electron chi connectivity index (χ2n) is 6.80. The number of anilines is 2. The highest BCUT2D eigenvalue weighted by atomic mass is 16.4. The second kappa shape index (κ2) is 6.44. The van der Waals surface area contributed by atoms with Gasteiger partial charge in [-0.25, -0.2) is 4.98 Å². The molecule has 1 aromatic heterocycles. The molecule has 1 heterocycles. The van der Waals surface area contributed by atoms with Crippen molar-refractivity contribution in [3.8, 4) is 0 Å². The van der Waals surface area contributed by atoms with Gasteiger partial charge in [-0.1, -0.05) is 20.8 Å². The molecule has 0 radical (unpaired) electrons. The fourth-order valence-electron chi connectivity index (χ4n) is 2.11. The molecule has 0 unspecified atom stereocenters. The SMILES string of the molecule is CC(=O)N(C)c1ccc(N[C@@H](C)c2ncc(C(C)(C)C)o2)cc1. The summed E-state index contributed by atoms with van der Waals surface area (Å²) in [5, 5.41) is 3.36. The molecule has 5 nitrogen and oxygen atoms in total. The summed E-state index contributed by atoms with van der Waals surface area (Å²) in [5.74, 6) is 1.55. The van der Waals surface area contributed by atoms with Crippen molar-refractivity contribution in [2.24, 2.45) is 0 Å². The highest BCUT2D eigenvalue weighted by molar-refractivity contribution is 5.91. The van der Waals surface area contributed by atoms with E-state index < -0.39 is 0 Å². The van der Waals surface area contributed by atoms with Crippen molar-refractivity contribution in [2.45, 2.75) is 46.1 Å². The van der Waals surface area contributed by atoms with Gasteiger partial charge in [-0.3, -0.25) is 4.79 Å². The third kappa shape index (κ3) is 4.12. The third-order valence-corrected chi connectivity index (χ3v) is 3.74. The van der Waals surface area contributed by atoms with Crippen LogP contribution in [0.25, 0.3) is 0 Å². The summed E-state index contributed by atoms with van der Waals surface area (Å²) in [7, 11) is 1.76. The van der Waals surface area contributed by atoms with Crippen molar-refractivity contribution >= 4 is 17.3 Å². The first-order valence-electron chi connectivity index (χ1n) is 7.75. The van der Waals surface area contributed by atoms with Gasteiger partial charge in [-0.2, -0.15) is 0 Å². The lowest BCUT2D eigenvalue weighted by Crippen LogP contribution is -2.22. The number of carbonyl (C=O) groups excluding carboxylic acids is 1. The molecule has 2 aromatic rings. The van der Waals surface area contributed by atoms with Crippen LogP contribution in [-0.4, -0.2) is 17.9 Å². The molecule has 0 aliphatic heterocycles. The van der Waals surface area contributed by atoms with Crippen LogP contribution in [0.4, 0.5) is 11.4 Å². The lowest BCUT2D eigenvalue weighted by Gasteiger charge is -2.17. The Balaban J connectivity index is 2.07. The van der Waals surface area contributed by atoms with Crippen LogP contribution in [0.2, 0.25) is 0 Å². The van der Waals surface area contributed by atoms with Crippen LogP contribution in [0, 0.1) is 0 Å². The maximum absolute atomic E-state index is 11.4. The Morgan fingerprint density at radius 3 is 2.35 bits per heavy atom. The van der Waals surface area contributed by atoms with E-state index in [2.05, 4.69) is 31.1 Å². The molecule has 0 aliphatic carbocycles. The summed E-state index contributed by atoms with van der Waals surface area (Å²) in [6, 6.07) is 7.67. The Morgan fingerprint density at radius 1 is 1.26 bits per heavy atom. The van der Waals surface area contributed by atoms with Crippen molar-refractivity contribution in [1.29, 1.82) is 0 Å². The molecule has 1 atom stereocenters. The van der Waals surface area contributed by atoms with Crippen molar-refractivity contribution < 1.29 is 9.21 Å². The lowest BCUT2D eigenvalue weighted by molar-refractivity contribution is -0.116. The molecule has 124 valence electrons. The minimum absolute atomic E-state index is 0.00794. The van der Waals surface area contributed by atoms with E-state index in [1.54, 1.807) is 25.1 Å². The second-order valence-corrected chi connectivity index (χ2v) is 6.80. The van der Waals surface area contributed by atoms with E-state index in [9.17, 15) is 4.79 Å². The van der Waals surface area contributed by atoms with Gasteiger partial charge < -0.3 is 14.6 Å². The quantitative estimate of drug-likeness (QED) is 0.921. The monoisotopic (exact) mass is 315 g/mol. The van der Waals surface area contributed by atoms with Gasteiger partial charge in [-0.05, 0) is 31.2 Å². The molecule has 0 saturated heterocycles. The largest absolute Gasteiger partial charge is 0.443 e. The molecule has 1 amide bonds. The Labute approximate surface area is 137 Å². The van der Waals surface area contributed by atoms with Crippen molar-refractivity contribution in [3.63, 3.8) is 0 Å². The molecule has 0 spiro atoms. The zero-order chi connectivity index (χ0) is 17.2. The van der Waals surface area contributed by atoms with Gasteiger partial charge in [0.1, 0.15) is 11.8 Å². The Kier molecular flexibility index (Phi) is 4.78. The Hall–Kier alpha value is -2.30. The van der Waals surface area contributed by atoms with Crippen molar-refractivity contribution in [1.82, 2.24) is 4.98 Å². The predicted molar refractivity (Wildman–Crippen MR) is 92.8 cm³/mol. The fourth-order valence-corrected chi connectivity index (χ4v) is 2.11. The van der Waals surface area contributed by atoms with Crippen LogP contribution in [-0.2, 0) is 10.2 Å². The summed E-state index contributed by atoms with van der Waals surface area (Å²) < 4.78 is 5.85. The van der Waals surface area contributed by atoms with E-state index in [-0.39, 0.29) is 17.4 Å². The maximum Gasteiger partial charge on any atom is 0.223 e. The Bertz CT molecular complexity index is 668. The molecule has 2 rings (SSSR count). The molecule has 0 fully saturated rings. The zero-order valence-electron chi connectivity index (χ0n) is 14.7. The number of benzene rings is 1. The average molecular weight is 315 g/mol. The summed E-state index contributed by atoms with van der Waals surface area (Å²) in [6.45, 7) is 9.84. The topological polar surface area (TPSA) is 58.4 Å². The summed E-state index contributed by atoms with van der Waals surface area (Å²) in [6.07, 6.45) is 1.79. The number of hydrogen-bond donors (Lipinski definition) is 1. The molecular weight excluding hydrogens is 290 g/mol. The number of carbonyl (C=O) groups is 1. The van der Waals surface area contributed by atoms with Gasteiger partial charge in [-0.15, -0.1) is 0 Å². The molecule has 23 heavy (non-hydrogen) atoms. The van der Waals surface area contributed by atoms with E-state index >= 15 is 0 Å². The molecule has 5 heteroatoms. The van der Waals surface area contributed by atoms with Gasteiger partial charge in [0.15, 0.2) is 0 Å². The first-order valence-corrected chi connectivity index (χ1v) is 7.75. The van der Waals surface area contributed by atoms with Crippen LogP contribution in [0.1, 0.15) is 52.3 Å². The summed E-state index contributed by atoms with van der Waals surface area (Å²) in [5.41, 5.74) is 1.76. The standard InChI is InChI=1S/C18H25N3O2/c1-12(17-19-11-16(23-17)18(3,4)5)20-14-7-9-15(10-8-14)21(6)13(2)22/h7-12,20H,1-6H3/t12-/m0/s1. The van der Waals surface area contributed by atoms with Crippen LogP contribution in [0.3, 0.4) is 0 Å². The van der Waals surface area contributed by atoms with Crippen LogP contribution in [0.15, 0.2) is 34.9 Å².